The Morgan fingerprint density at radius 3 is 3.11 bits per heavy atom. The van der Waals surface area contributed by atoms with E-state index in [0.717, 1.165) is 12.8 Å². The molecule has 1 fully saturated rings. The zero-order valence-electron chi connectivity index (χ0n) is 10.2. The minimum Gasteiger partial charge on any atom is -0.484 e. The van der Waals surface area contributed by atoms with E-state index in [1.165, 1.54) is 0 Å². The first-order chi connectivity index (χ1) is 8.70. The summed E-state index contributed by atoms with van der Waals surface area (Å²) in [7, 11) is 0. The first kappa shape index (κ1) is 12.7. The average molecular weight is 250 g/mol. The summed E-state index contributed by atoms with van der Waals surface area (Å²) in [4.78, 5) is 13.6. The Morgan fingerprint density at radius 2 is 2.39 bits per heavy atom. The van der Waals surface area contributed by atoms with E-state index in [-0.39, 0.29) is 25.2 Å². The van der Waals surface area contributed by atoms with Crippen molar-refractivity contribution in [1.29, 1.82) is 0 Å². The number of carbonyl (C=O) groups is 1. The molecule has 1 saturated heterocycles. The summed E-state index contributed by atoms with van der Waals surface area (Å²) in [5, 5.41) is 9.16. The summed E-state index contributed by atoms with van der Waals surface area (Å²) in [6.45, 7) is 0.703. The van der Waals surface area contributed by atoms with Crippen LogP contribution < -0.4 is 10.5 Å². The second kappa shape index (κ2) is 5.73. The first-order valence-electron chi connectivity index (χ1n) is 6.09. The van der Waals surface area contributed by atoms with Crippen LogP contribution in [0.5, 0.6) is 5.75 Å². The number of nitrogen functional groups attached to an aromatic ring is 1. The second-order valence-corrected chi connectivity index (χ2v) is 4.43. The molecule has 0 radical (unpaired) electrons. The molecule has 2 rings (SSSR count). The average Bonchev–Trinajstić information content (AvgIpc) is 2.84. The van der Waals surface area contributed by atoms with Crippen molar-refractivity contribution < 1.29 is 14.6 Å². The van der Waals surface area contributed by atoms with E-state index in [9.17, 15) is 4.79 Å². The quantitative estimate of drug-likeness (QED) is 0.769. The van der Waals surface area contributed by atoms with Gasteiger partial charge in [0.05, 0.1) is 12.6 Å². The van der Waals surface area contributed by atoms with Gasteiger partial charge in [-0.15, -0.1) is 0 Å². The molecule has 1 aromatic carbocycles. The number of amides is 1. The van der Waals surface area contributed by atoms with Crippen molar-refractivity contribution in [2.45, 2.75) is 18.9 Å². The molecule has 0 aliphatic carbocycles. The van der Waals surface area contributed by atoms with Gasteiger partial charge in [-0.05, 0) is 25.0 Å². The van der Waals surface area contributed by atoms with Crippen LogP contribution in [0.25, 0.3) is 0 Å². The van der Waals surface area contributed by atoms with E-state index in [1.807, 2.05) is 0 Å². The number of rotatable bonds is 4. The molecule has 0 unspecified atom stereocenters. The Balaban J connectivity index is 1.88. The van der Waals surface area contributed by atoms with E-state index in [2.05, 4.69) is 0 Å². The highest BCUT2D eigenvalue weighted by Crippen LogP contribution is 2.18. The molecule has 1 heterocycles. The Hall–Kier alpha value is -1.75. The highest BCUT2D eigenvalue weighted by Gasteiger charge is 2.27. The van der Waals surface area contributed by atoms with Crippen molar-refractivity contribution in [2.24, 2.45) is 0 Å². The monoisotopic (exact) mass is 250 g/mol. The first-order valence-corrected chi connectivity index (χ1v) is 6.09. The largest absolute Gasteiger partial charge is 0.484 e. The molecule has 0 spiro atoms. The van der Waals surface area contributed by atoms with Gasteiger partial charge in [0.2, 0.25) is 0 Å². The number of aliphatic hydroxyl groups excluding tert-OH is 1. The van der Waals surface area contributed by atoms with Crippen LogP contribution in [-0.2, 0) is 4.79 Å². The fourth-order valence-electron chi connectivity index (χ4n) is 2.19. The van der Waals surface area contributed by atoms with Gasteiger partial charge in [0, 0.05) is 18.3 Å². The van der Waals surface area contributed by atoms with Crippen LogP contribution in [0.1, 0.15) is 12.8 Å². The van der Waals surface area contributed by atoms with Crippen LogP contribution in [-0.4, -0.2) is 41.7 Å². The van der Waals surface area contributed by atoms with E-state index in [1.54, 1.807) is 29.2 Å². The number of likely N-dealkylation sites (tertiary alicyclic amines) is 1. The van der Waals surface area contributed by atoms with Gasteiger partial charge in [-0.3, -0.25) is 4.79 Å². The number of aliphatic hydroxyl groups is 1. The number of nitrogens with two attached hydrogens (primary N) is 1. The predicted molar refractivity (Wildman–Crippen MR) is 68.2 cm³/mol. The molecule has 1 atom stereocenters. The fourth-order valence-corrected chi connectivity index (χ4v) is 2.19. The van der Waals surface area contributed by atoms with Crippen LogP contribution in [0.4, 0.5) is 5.69 Å². The summed E-state index contributed by atoms with van der Waals surface area (Å²) < 4.78 is 5.40. The number of carbonyl (C=O) groups excluding carboxylic acids is 1. The van der Waals surface area contributed by atoms with E-state index in [0.29, 0.717) is 18.0 Å². The minimum absolute atomic E-state index is 0.0139. The van der Waals surface area contributed by atoms with Crippen molar-refractivity contribution in [3.05, 3.63) is 24.3 Å². The van der Waals surface area contributed by atoms with Gasteiger partial charge >= 0.3 is 0 Å². The third-order valence-electron chi connectivity index (χ3n) is 3.13. The lowest BCUT2D eigenvalue weighted by atomic mass is 10.2. The molecule has 1 aromatic rings. The maximum absolute atomic E-state index is 11.9. The molecule has 18 heavy (non-hydrogen) atoms. The summed E-state index contributed by atoms with van der Waals surface area (Å²) in [5.41, 5.74) is 6.23. The molecule has 5 heteroatoms. The van der Waals surface area contributed by atoms with Crippen LogP contribution in [0.2, 0.25) is 0 Å². The minimum atomic E-state index is -0.0889. The summed E-state index contributed by atoms with van der Waals surface area (Å²) in [6.07, 6.45) is 1.80. The summed E-state index contributed by atoms with van der Waals surface area (Å²) in [6, 6.07) is 6.93. The SMILES string of the molecule is Nc1cccc(OCC(=O)N2CCC[C@H]2CO)c1. The molecule has 0 bridgehead atoms. The molecule has 0 aromatic heterocycles. The van der Waals surface area contributed by atoms with Crippen molar-refractivity contribution >= 4 is 11.6 Å². The van der Waals surface area contributed by atoms with Gasteiger partial charge in [-0.25, -0.2) is 0 Å². The van der Waals surface area contributed by atoms with Crippen LogP contribution in [0.15, 0.2) is 24.3 Å². The number of benzene rings is 1. The Kier molecular flexibility index (Phi) is 4.04. The van der Waals surface area contributed by atoms with Crippen molar-refractivity contribution in [2.75, 3.05) is 25.5 Å². The smallest absolute Gasteiger partial charge is 0.260 e. The number of hydrogen-bond acceptors (Lipinski definition) is 4. The Labute approximate surface area is 106 Å². The third kappa shape index (κ3) is 2.92. The number of anilines is 1. The number of hydrogen-bond donors (Lipinski definition) is 2. The van der Waals surface area contributed by atoms with Gasteiger partial charge in [0.1, 0.15) is 5.75 Å². The normalized spacial score (nSPS) is 18.9. The summed E-state index contributed by atoms with van der Waals surface area (Å²) >= 11 is 0. The highest BCUT2D eigenvalue weighted by atomic mass is 16.5. The standard InChI is InChI=1S/C13H18N2O3/c14-10-3-1-5-12(7-10)18-9-13(17)15-6-2-4-11(15)8-16/h1,3,5,7,11,16H,2,4,6,8-9,14H2/t11-/m0/s1. The molecule has 0 saturated carbocycles. The maximum atomic E-state index is 11.9. The Bertz CT molecular complexity index is 422. The predicted octanol–water partition coefficient (Wildman–Crippen LogP) is 0.631. The van der Waals surface area contributed by atoms with Crippen LogP contribution >= 0.6 is 0 Å². The zero-order valence-corrected chi connectivity index (χ0v) is 10.2. The molecule has 1 amide bonds. The molecule has 1 aliphatic heterocycles. The van der Waals surface area contributed by atoms with E-state index in [4.69, 9.17) is 15.6 Å². The van der Waals surface area contributed by atoms with Crippen LogP contribution in [0, 0.1) is 0 Å². The van der Waals surface area contributed by atoms with Gasteiger partial charge in [-0.2, -0.15) is 0 Å². The van der Waals surface area contributed by atoms with Crippen LogP contribution in [0.3, 0.4) is 0 Å². The topological polar surface area (TPSA) is 75.8 Å². The highest BCUT2D eigenvalue weighted by molar-refractivity contribution is 5.78. The summed E-state index contributed by atoms with van der Waals surface area (Å²) in [5.74, 6) is 0.497. The molecule has 5 nitrogen and oxygen atoms in total. The van der Waals surface area contributed by atoms with E-state index >= 15 is 0 Å². The van der Waals surface area contributed by atoms with E-state index < -0.39 is 0 Å². The molecule has 98 valence electrons. The Morgan fingerprint density at radius 1 is 1.56 bits per heavy atom. The molecule has 1 aliphatic rings. The van der Waals surface area contributed by atoms with Crippen molar-refractivity contribution in [3.8, 4) is 5.75 Å². The van der Waals surface area contributed by atoms with Gasteiger partial charge in [0.25, 0.3) is 5.91 Å². The molecule has 3 N–H and O–H groups in total. The van der Waals surface area contributed by atoms with Gasteiger partial charge < -0.3 is 20.5 Å². The molecular formula is C13H18N2O3. The number of nitrogens with zero attached hydrogens (tertiary/aromatic N) is 1. The lowest BCUT2D eigenvalue weighted by molar-refractivity contribution is -0.134. The zero-order chi connectivity index (χ0) is 13.0. The second-order valence-electron chi connectivity index (χ2n) is 4.43. The lowest BCUT2D eigenvalue weighted by Crippen LogP contribution is -2.40. The lowest BCUT2D eigenvalue weighted by Gasteiger charge is -2.22. The number of ether oxygens (including phenoxy) is 1. The maximum Gasteiger partial charge on any atom is 0.260 e. The van der Waals surface area contributed by atoms with Gasteiger partial charge in [-0.1, -0.05) is 6.07 Å². The van der Waals surface area contributed by atoms with Crippen molar-refractivity contribution in [3.63, 3.8) is 0 Å². The fraction of sp³-hybridized carbons (Fsp3) is 0.462. The van der Waals surface area contributed by atoms with Gasteiger partial charge in [0.15, 0.2) is 6.61 Å². The molecular weight excluding hydrogens is 232 g/mol. The van der Waals surface area contributed by atoms with Crippen molar-refractivity contribution in [1.82, 2.24) is 4.90 Å². The third-order valence-corrected chi connectivity index (χ3v) is 3.13.